The molecule has 1 nitrogen and oxygen atoms in total. The maximum Gasteiger partial charge on any atom is 0.123 e. The minimum absolute atomic E-state index is 0.152. The van der Waals surface area contributed by atoms with Gasteiger partial charge >= 0.3 is 0 Å². The van der Waals surface area contributed by atoms with Crippen LogP contribution in [-0.4, -0.2) is 13.1 Å². The van der Waals surface area contributed by atoms with Gasteiger partial charge < -0.3 is 5.32 Å². The van der Waals surface area contributed by atoms with Crippen molar-refractivity contribution in [2.45, 2.75) is 32.6 Å². The van der Waals surface area contributed by atoms with E-state index in [0.29, 0.717) is 5.92 Å². The molecule has 0 saturated heterocycles. The third kappa shape index (κ3) is 4.98. The average molecular weight is 285 g/mol. The second kappa shape index (κ2) is 7.94. The summed E-state index contributed by atoms with van der Waals surface area (Å²) in [5.41, 5.74) is 3.66. The molecule has 0 heterocycles. The summed E-state index contributed by atoms with van der Waals surface area (Å²) in [5.74, 6) is 0.423. The molecule has 1 unspecified atom stereocenters. The lowest BCUT2D eigenvalue weighted by Gasteiger charge is -2.12. The zero-order valence-corrected chi connectivity index (χ0v) is 12.9. The quantitative estimate of drug-likeness (QED) is 0.741. The van der Waals surface area contributed by atoms with E-state index in [4.69, 9.17) is 0 Å². The molecule has 2 heteroatoms. The van der Waals surface area contributed by atoms with Crippen LogP contribution < -0.4 is 5.32 Å². The first-order valence-corrected chi connectivity index (χ1v) is 7.67. The van der Waals surface area contributed by atoms with Crippen LogP contribution in [0, 0.1) is 12.7 Å². The number of rotatable bonds is 7. The highest BCUT2D eigenvalue weighted by Gasteiger charge is 2.04. The fourth-order valence-electron chi connectivity index (χ4n) is 2.55. The smallest absolute Gasteiger partial charge is 0.123 e. The van der Waals surface area contributed by atoms with Crippen molar-refractivity contribution in [3.8, 4) is 0 Å². The molecule has 0 spiro atoms. The Kier molecular flexibility index (Phi) is 5.94. The van der Waals surface area contributed by atoms with Crippen LogP contribution in [0.1, 0.15) is 36.0 Å². The molecule has 0 aliphatic rings. The van der Waals surface area contributed by atoms with Crippen LogP contribution in [0.3, 0.4) is 0 Å². The molecular weight excluding hydrogens is 261 g/mol. The minimum Gasteiger partial charge on any atom is -0.316 e. The number of hydrogen-bond acceptors (Lipinski definition) is 1. The topological polar surface area (TPSA) is 12.0 Å². The highest BCUT2D eigenvalue weighted by atomic mass is 19.1. The van der Waals surface area contributed by atoms with E-state index in [0.717, 1.165) is 31.5 Å². The van der Waals surface area contributed by atoms with Gasteiger partial charge in [0, 0.05) is 0 Å². The van der Waals surface area contributed by atoms with Gasteiger partial charge in [0.25, 0.3) is 0 Å². The highest BCUT2D eigenvalue weighted by molar-refractivity contribution is 5.26. The van der Waals surface area contributed by atoms with Crippen molar-refractivity contribution in [3.05, 3.63) is 71.0 Å². The second-order valence-corrected chi connectivity index (χ2v) is 5.67. The van der Waals surface area contributed by atoms with Gasteiger partial charge in [0.1, 0.15) is 5.82 Å². The maximum atomic E-state index is 13.0. The van der Waals surface area contributed by atoms with Gasteiger partial charge in [-0.25, -0.2) is 4.39 Å². The van der Waals surface area contributed by atoms with Crippen LogP contribution in [0.2, 0.25) is 0 Å². The van der Waals surface area contributed by atoms with Gasteiger partial charge in [0.2, 0.25) is 0 Å². The summed E-state index contributed by atoms with van der Waals surface area (Å²) in [6, 6.07) is 15.7. The third-order valence-electron chi connectivity index (χ3n) is 4.00. The number of hydrogen-bond donors (Lipinski definition) is 1. The highest BCUT2D eigenvalue weighted by Crippen LogP contribution is 2.17. The summed E-state index contributed by atoms with van der Waals surface area (Å²) in [6.45, 7) is 6.18. The van der Waals surface area contributed by atoms with Crippen LogP contribution in [0.4, 0.5) is 4.39 Å². The van der Waals surface area contributed by atoms with Gasteiger partial charge in [-0.15, -0.1) is 0 Å². The van der Waals surface area contributed by atoms with Crippen LogP contribution >= 0.6 is 0 Å². The maximum absolute atomic E-state index is 13.0. The first-order valence-electron chi connectivity index (χ1n) is 7.67. The summed E-state index contributed by atoms with van der Waals surface area (Å²) in [7, 11) is 0. The first-order chi connectivity index (χ1) is 10.2. The van der Waals surface area contributed by atoms with Crippen molar-refractivity contribution < 1.29 is 4.39 Å². The molecule has 112 valence electrons. The molecule has 2 rings (SSSR count). The monoisotopic (exact) mass is 285 g/mol. The molecule has 0 fully saturated rings. The number of aryl methyl sites for hydroxylation is 1. The summed E-state index contributed by atoms with van der Waals surface area (Å²) in [6.07, 6.45) is 2.08. The summed E-state index contributed by atoms with van der Waals surface area (Å²) < 4.78 is 13.0. The minimum atomic E-state index is -0.152. The van der Waals surface area contributed by atoms with Gasteiger partial charge in [0.15, 0.2) is 0 Å². The Labute approximate surface area is 127 Å². The lowest BCUT2D eigenvalue weighted by molar-refractivity contribution is 0.593. The Morgan fingerprint density at radius 2 is 1.81 bits per heavy atom. The van der Waals surface area contributed by atoms with Crippen molar-refractivity contribution in [2.75, 3.05) is 13.1 Å². The molecule has 1 atom stereocenters. The predicted molar refractivity (Wildman–Crippen MR) is 87.2 cm³/mol. The van der Waals surface area contributed by atoms with E-state index in [1.807, 2.05) is 13.0 Å². The van der Waals surface area contributed by atoms with Crippen LogP contribution in [-0.2, 0) is 6.42 Å². The molecule has 0 amide bonds. The summed E-state index contributed by atoms with van der Waals surface area (Å²) in [4.78, 5) is 0. The van der Waals surface area contributed by atoms with Gasteiger partial charge in [-0.2, -0.15) is 0 Å². The molecule has 0 radical (unpaired) electrons. The van der Waals surface area contributed by atoms with Crippen molar-refractivity contribution in [3.63, 3.8) is 0 Å². The van der Waals surface area contributed by atoms with Gasteiger partial charge in [0.05, 0.1) is 0 Å². The third-order valence-corrected chi connectivity index (χ3v) is 4.00. The Bertz CT molecular complexity index is 551. The molecule has 0 saturated carbocycles. The largest absolute Gasteiger partial charge is 0.316 e. The molecule has 0 aromatic heterocycles. The van der Waals surface area contributed by atoms with Crippen molar-refractivity contribution in [2.24, 2.45) is 0 Å². The lowest BCUT2D eigenvalue weighted by atomic mass is 9.98. The molecule has 0 bridgehead atoms. The van der Waals surface area contributed by atoms with Gasteiger partial charge in [-0.3, -0.25) is 0 Å². The van der Waals surface area contributed by atoms with E-state index in [1.165, 1.54) is 11.1 Å². The molecule has 0 aliphatic heterocycles. The van der Waals surface area contributed by atoms with E-state index in [1.54, 1.807) is 12.1 Å². The number of benzene rings is 2. The zero-order chi connectivity index (χ0) is 15.1. The summed E-state index contributed by atoms with van der Waals surface area (Å²) in [5, 5.41) is 3.48. The molecular formula is C19H24FN. The van der Waals surface area contributed by atoms with Crippen LogP contribution in [0.5, 0.6) is 0 Å². The van der Waals surface area contributed by atoms with E-state index in [9.17, 15) is 4.39 Å². The standard InChI is InChI=1S/C19H24FN/c1-15(17-6-4-3-5-7-17)10-12-21-13-11-18-8-9-19(20)14-16(18)2/h3-9,14-15,21H,10-13H2,1-2H3. The molecule has 2 aromatic carbocycles. The lowest BCUT2D eigenvalue weighted by Crippen LogP contribution is -2.20. The SMILES string of the molecule is Cc1cc(F)ccc1CCNCCC(C)c1ccccc1. The zero-order valence-electron chi connectivity index (χ0n) is 12.9. The molecule has 0 aliphatic carbocycles. The fraction of sp³-hybridized carbons (Fsp3) is 0.368. The summed E-state index contributed by atoms with van der Waals surface area (Å²) >= 11 is 0. The van der Waals surface area contributed by atoms with Gasteiger partial charge in [-0.05, 0) is 67.6 Å². The number of halogens is 1. The van der Waals surface area contributed by atoms with Crippen LogP contribution in [0.25, 0.3) is 0 Å². The Hall–Kier alpha value is -1.67. The van der Waals surface area contributed by atoms with E-state index < -0.39 is 0 Å². The molecule has 1 N–H and O–H groups in total. The molecule has 21 heavy (non-hydrogen) atoms. The van der Waals surface area contributed by atoms with E-state index in [-0.39, 0.29) is 5.82 Å². The fourth-order valence-corrected chi connectivity index (χ4v) is 2.55. The van der Waals surface area contributed by atoms with Crippen LogP contribution in [0.15, 0.2) is 48.5 Å². The Morgan fingerprint density at radius 1 is 1.05 bits per heavy atom. The second-order valence-electron chi connectivity index (χ2n) is 5.67. The van der Waals surface area contributed by atoms with Crippen molar-refractivity contribution >= 4 is 0 Å². The predicted octanol–water partition coefficient (Wildman–Crippen LogP) is 4.46. The van der Waals surface area contributed by atoms with Gasteiger partial charge in [-0.1, -0.05) is 43.3 Å². The van der Waals surface area contributed by atoms with Crippen molar-refractivity contribution in [1.29, 1.82) is 0 Å². The average Bonchev–Trinajstić information content (AvgIpc) is 2.49. The van der Waals surface area contributed by atoms with Crippen molar-refractivity contribution in [1.82, 2.24) is 5.32 Å². The Morgan fingerprint density at radius 3 is 2.52 bits per heavy atom. The van der Waals surface area contributed by atoms with E-state index in [2.05, 4.69) is 42.6 Å². The Balaban J connectivity index is 1.68. The number of nitrogens with one attached hydrogen (secondary N) is 1. The van der Waals surface area contributed by atoms with E-state index >= 15 is 0 Å². The first kappa shape index (κ1) is 15.7. The molecule has 2 aromatic rings. The normalized spacial score (nSPS) is 12.3.